The molecule has 104 valence electrons. The summed E-state index contributed by atoms with van der Waals surface area (Å²) in [6, 6.07) is 7.23. The van der Waals surface area contributed by atoms with E-state index in [-0.39, 0.29) is 24.7 Å². The molecule has 1 rings (SSSR count). The van der Waals surface area contributed by atoms with Gasteiger partial charge in [0.1, 0.15) is 5.75 Å². The van der Waals surface area contributed by atoms with Crippen LogP contribution in [0.15, 0.2) is 24.3 Å². The molecule has 1 amide bonds. The van der Waals surface area contributed by atoms with Crippen molar-refractivity contribution in [2.75, 3.05) is 25.7 Å². The Balaban J connectivity index is 2.58. The minimum absolute atomic E-state index is 0.0940. The number of esters is 1. The summed E-state index contributed by atoms with van der Waals surface area (Å²) in [5, 5.41) is 0. The molecule has 0 aliphatic rings. The predicted octanol–water partition coefficient (Wildman–Crippen LogP) is 2.00. The molecule has 0 aliphatic carbocycles. The molecule has 0 saturated carbocycles. The smallest absolute Gasteiger partial charge is 0.306 e. The number of benzene rings is 1. The first kappa shape index (κ1) is 15.0. The number of carbonyl (C=O) groups is 2. The van der Waals surface area contributed by atoms with Gasteiger partial charge in [-0.25, -0.2) is 0 Å². The van der Waals surface area contributed by atoms with Crippen molar-refractivity contribution < 1.29 is 19.1 Å². The summed E-state index contributed by atoms with van der Waals surface area (Å²) < 4.78 is 9.83. The zero-order valence-corrected chi connectivity index (χ0v) is 11.5. The highest BCUT2D eigenvalue weighted by molar-refractivity contribution is 5.94. The summed E-state index contributed by atoms with van der Waals surface area (Å²) in [6.07, 6.45) is 0.229. The minimum atomic E-state index is -0.381. The average Bonchev–Trinajstić information content (AvgIpc) is 2.44. The Morgan fingerprint density at radius 1 is 1.16 bits per heavy atom. The van der Waals surface area contributed by atoms with Gasteiger partial charge in [0.15, 0.2) is 0 Å². The van der Waals surface area contributed by atoms with Crippen LogP contribution in [0.2, 0.25) is 0 Å². The number of hydrogen-bond donors (Lipinski definition) is 0. The van der Waals surface area contributed by atoms with Gasteiger partial charge in [0.2, 0.25) is 5.91 Å². The molecule has 19 heavy (non-hydrogen) atoms. The van der Waals surface area contributed by atoms with Crippen molar-refractivity contribution in [2.24, 2.45) is 0 Å². The quantitative estimate of drug-likeness (QED) is 0.738. The highest BCUT2D eigenvalue weighted by Gasteiger charge is 2.13. The van der Waals surface area contributed by atoms with Crippen molar-refractivity contribution in [3.05, 3.63) is 24.3 Å². The second-order valence-corrected chi connectivity index (χ2v) is 3.96. The predicted molar refractivity (Wildman–Crippen MR) is 72.3 cm³/mol. The molecule has 0 spiro atoms. The highest BCUT2D eigenvalue weighted by atomic mass is 16.5. The van der Waals surface area contributed by atoms with Crippen molar-refractivity contribution in [3.8, 4) is 5.75 Å². The molecule has 0 fully saturated rings. The van der Waals surface area contributed by atoms with E-state index < -0.39 is 0 Å². The van der Waals surface area contributed by atoms with E-state index in [1.807, 2.05) is 19.1 Å². The second-order valence-electron chi connectivity index (χ2n) is 3.96. The van der Waals surface area contributed by atoms with Gasteiger partial charge in [0, 0.05) is 19.2 Å². The molecule has 5 nitrogen and oxygen atoms in total. The van der Waals surface area contributed by atoms with E-state index >= 15 is 0 Å². The van der Waals surface area contributed by atoms with Crippen LogP contribution in [-0.4, -0.2) is 32.6 Å². The molecule has 1 aromatic rings. The minimum Gasteiger partial charge on any atom is -0.494 e. The molecule has 5 heteroatoms. The summed E-state index contributed by atoms with van der Waals surface area (Å²) in [5.74, 6) is 0.254. The van der Waals surface area contributed by atoms with Crippen molar-refractivity contribution in [3.63, 3.8) is 0 Å². The highest BCUT2D eigenvalue weighted by Crippen LogP contribution is 2.19. The van der Waals surface area contributed by atoms with Crippen LogP contribution in [-0.2, 0) is 14.3 Å². The van der Waals surface area contributed by atoms with E-state index in [1.165, 1.54) is 12.0 Å². The largest absolute Gasteiger partial charge is 0.494 e. The standard InChI is InChI=1S/C14H19NO4/c1-4-19-12-7-5-11(6-8-12)15(2)13(16)9-10-14(17)18-3/h5-8H,4,9-10H2,1-3H3. The first-order chi connectivity index (χ1) is 9.08. The molecular formula is C14H19NO4. The van der Waals surface area contributed by atoms with Gasteiger partial charge in [-0.2, -0.15) is 0 Å². The molecular weight excluding hydrogens is 246 g/mol. The van der Waals surface area contributed by atoms with Gasteiger partial charge >= 0.3 is 5.97 Å². The lowest BCUT2D eigenvalue weighted by Gasteiger charge is -2.17. The second kappa shape index (κ2) is 7.41. The van der Waals surface area contributed by atoms with Crippen LogP contribution in [0, 0.1) is 0 Å². The number of amides is 1. The number of hydrogen-bond acceptors (Lipinski definition) is 4. The van der Waals surface area contributed by atoms with E-state index in [1.54, 1.807) is 19.2 Å². The van der Waals surface area contributed by atoms with Crippen molar-refractivity contribution >= 4 is 17.6 Å². The lowest BCUT2D eigenvalue weighted by Crippen LogP contribution is -2.26. The van der Waals surface area contributed by atoms with Crippen molar-refractivity contribution in [2.45, 2.75) is 19.8 Å². The summed E-state index contributed by atoms with van der Waals surface area (Å²) in [4.78, 5) is 24.4. The van der Waals surface area contributed by atoms with E-state index in [4.69, 9.17) is 4.74 Å². The number of rotatable bonds is 6. The van der Waals surface area contributed by atoms with Gasteiger partial charge in [0.05, 0.1) is 20.1 Å². The number of ether oxygens (including phenoxy) is 2. The van der Waals surface area contributed by atoms with Gasteiger partial charge in [0.25, 0.3) is 0 Å². The zero-order chi connectivity index (χ0) is 14.3. The summed E-state index contributed by atoms with van der Waals surface area (Å²) in [5.41, 5.74) is 0.762. The third-order valence-corrected chi connectivity index (χ3v) is 2.68. The Hall–Kier alpha value is -2.04. The van der Waals surface area contributed by atoms with E-state index in [0.29, 0.717) is 6.61 Å². The molecule has 0 heterocycles. The van der Waals surface area contributed by atoms with Gasteiger partial charge in [-0.1, -0.05) is 0 Å². The summed E-state index contributed by atoms with van der Waals surface area (Å²) in [7, 11) is 2.98. The fourth-order valence-corrected chi connectivity index (χ4v) is 1.56. The normalized spacial score (nSPS) is 9.84. The Labute approximate surface area is 113 Å². The Bertz CT molecular complexity index is 428. The lowest BCUT2D eigenvalue weighted by molar-refractivity contribution is -0.141. The SMILES string of the molecule is CCOc1ccc(N(C)C(=O)CCC(=O)OC)cc1. The van der Waals surface area contributed by atoms with Crippen molar-refractivity contribution in [1.29, 1.82) is 0 Å². The molecule has 0 aliphatic heterocycles. The topological polar surface area (TPSA) is 55.8 Å². The van der Waals surface area contributed by atoms with Crippen LogP contribution in [0.1, 0.15) is 19.8 Å². The van der Waals surface area contributed by atoms with Gasteiger partial charge in [-0.3, -0.25) is 9.59 Å². The van der Waals surface area contributed by atoms with Crippen LogP contribution >= 0.6 is 0 Å². The number of anilines is 1. The monoisotopic (exact) mass is 265 g/mol. The Morgan fingerprint density at radius 2 is 1.79 bits per heavy atom. The maximum atomic E-state index is 11.9. The Morgan fingerprint density at radius 3 is 2.32 bits per heavy atom. The lowest BCUT2D eigenvalue weighted by atomic mass is 10.2. The van der Waals surface area contributed by atoms with Crippen LogP contribution < -0.4 is 9.64 Å². The van der Waals surface area contributed by atoms with Gasteiger partial charge < -0.3 is 14.4 Å². The van der Waals surface area contributed by atoms with Crippen molar-refractivity contribution in [1.82, 2.24) is 0 Å². The fraction of sp³-hybridized carbons (Fsp3) is 0.429. The first-order valence-electron chi connectivity index (χ1n) is 6.14. The van der Waals surface area contributed by atoms with Crippen LogP contribution in [0.3, 0.4) is 0 Å². The van der Waals surface area contributed by atoms with Crippen LogP contribution in [0.4, 0.5) is 5.69 Å². The molecule has 0 unspecified atom stereocenters. The maximum absolute atomic E-state index is 11.9. The molecule has 1 aromatic carbocycles. The molecule has 0 radical (unpaired) electrons. The molecule has 0 bridgehead atoms. The summed E-state index contributed by atoms with van der Waals surface area (Å²) >= 11 is 0. The molecule has 0 N–H and O–H groups in total. The fourth-order valence-electron chi connectivity index (χ4n) is 1.56. The Kier molecular flexibility index (Phi) is 5.85. The molecule has 0 atom stereocenters. The first-order valence-corrected chi connectivity index (χ1v) is 6.14. The maximum Gasteiger partial charge on any atom is 0.306 e. The third kappa shape index (κ3) is 4.62. The molecule has 0 saturated heterocycles. The zero-order valence-electron chi connectivity index (χ0n) is 11.5. The van der Waals surface area contributed by atoms with E-state index in [9.17, 15) is 9.59 Å². The third-order valence-electron chi connectivity index (χ3n) is 2.68. The number of carbonyl (C=O) groups excluding carboxylic acids is 2. The average molecular weight is 265 g/mol. The van der Waals surface area contributed by atoms with Gasteiger partial charge in [-0.15, -0.1) is 0 Å². The van der Waals surface area contributed by atoms with E-state index in [2.05, 4.69) is 4.74 Å². The summed E-state index contributed by atoms with van der Waals surface area (Å²) in [6.45, 7) is 2.52. The van der Waals surface area contributed by atoms with Crippen LogP contribution in [0.25, 0.3) is 0 Å². The van der Waals surface area contributed by atoms with Crippen LogP contribution in [0.5, 0.6) is 5.75 Å². The number of methoxy groups -OCH3 is 1. The molecule has 0 aromatic heterocycles. The van der Waals surface area contributed by atoms with E-state index in [0.717, 1.165) is 11.4 Å². The number of nitrogens with zero attached hydrogens (tertiary/aromatic N) is 1. The van der Waals surface area contributed by atoms with Gasteiger partial charge in [-0.05, 0) is 31.2 Å².